The van der Waals surface area contributed by atoms with E-state index in [1.807, 2.05) is 0 Å². The molecular formula is C23H36O12. The van der Waals surface area contributed by atoms with Gasteiger partial charge in [-0.15, -0.1) is 0 Å². The molecule has 0 aromatic heterocycles. The standard InChI is InChI=1S/C23H36O12/c1-3-21(26)34-7-17(24)5-28-13-23(15-30-9-19-11-32-19,16-31-10-20-12-33-20)14-29-6-18(25)8-35-22(27)4-2/h3-4,17-20,24-25H,1-2,5-16H2. The van der Waals surface area contributed by atoms with Crippen molar-refractivity contribution in [1.29, 1.82) is 0 Å². The summed E-state index contributed by atoms with van der Waals surface area (Å²) in [6.07, 6.45) is 0.0340. The van der Waals surface area contributed by atoms with Crippen LogP contribution >= 0.6 is 0 Å². The third-order valence-electron chi connectivity index (χ3n) is 4.83. The highest BCUT2D eigenvalue weighted by atomic mass is 16.6. The number of aliphatic hydroxyl groups is 2. The molecule has 0 saturated carbocycles. The first-order valence-corrected chi connectivity index (χ1v) is 11.3. The fourth-order valence-corrected chi connectivity index (χ4v) is 2.79. The Labute approximate surface area is 204 Å². The van der Waals surface area contributed by atoms with Crippen LogP contribution in [0.3, 0.4) is 0 Å². The van der Waals surface area contributed by atoms with E-state index in [2.05, 4.69) is 13.2 Å². The first-order valence-electron chi connectivity index (χ1n) is 11.3. The number of aliphatic hydroxyl groups excluding tert-OH is 2. The zero-order valence-corrected chi connectivity index (χ0v) is 19.8. The van der Waals surface area contributed by atoms with Crippen LogP contribution in [-0.4, -0.2) is 126 Å². The summed E-state index contributed by atoms with van der Waals surface area (Å²) in [7, 11) is 0. The van der Waals surface area contributed by atoms with E-state index in [0.29, 0.717) is 26.4 Å². The number of carbonyl (C=O) groups excluding carboxylic acids is 2. The fourth-order valence-electron chi connectivity index (χ4n) is 2.79. The molecule has 2 heterocycles. The van der Waals surface area contributed by atoms with Crippen molar-refractivity contribution in [2.75, 3.05) is 79.3 Å². The Balaban J connectivity index is 1.89. The van der Waals surface area contributed by atoms with Crippen molar-refractivity contribution in [3.05, 3.63) is 25.3 Å². The second-order valence-corrected chi connectivity index (χ2v) is 8.45. The summed E-state index contributed by atoms with van der Waals surface area (Å²) in [4.78, 5) is 22.3. The SMILES string of the molecule is C=CC(=O)OCC(O)COCC(COCC(O)COC(=O)C=C)(COCC1CO1)COCC1CO1. The van der Waals surface area contributed by atoms with E-state index in [-0.39, 0.29) is 65.1 Å². The predicted molar refractivity (Wildman–Crippen MR) is 120 cm³/mol. The number of epoxide rings is 2. The molecule has 35 heavy (non-hydrogen) atoms. The van der Waals surface area contributed by atoms with Crippen LogP contribution in [0.25, 0.3) is 0 Å². The highest BCUT2D eigenvalue weighted by Gasteiger charge is 2.35. The third kappa shape index (κ3) is 13.7. The molecule has 0 spiro atoms. The first kappa shape index (κ1) is 29.3. The molecule has 0 bridgehead atoms. The summed E-state index contributed by atoms with van der Waals surface area (Å²) in [5.74, 6) is -1.29. The van der Waals surface area contributed by atoms with Gasteiger partial charge in [0.25, 0.3) is 0 Å². The molecule has 2 rings (SSSR count). The number of hydrogen-bond donors (Lipinski definition) is 2. The van der Waals surface area contributed by atoms with Crippen LogP contribution in [0.5, 0.6) is 0 Å². The summed E-state index contributed by atoms with van der Waals surface area (Å²) >= 11 is 0. The van der Waals surface area contributed by atoms with E-state index in [0.717, 1.165) is 12.2 Å². The van der Waals surface area contributed by atoms with Crippen LogP contribution in [0.4, 0.5) is 0 Å². The number of carbonyl (C=O) groups is 2. The number of ether oxygens (including phenoxy) is 8. The summed E-state index contributed by atoms with van der Waals surface area (Å²) < 4.78 is 43.0. The summed E-state index contributed by atoms with van der Waals surface area (Å²) in [5, 5.41) is 20.1. The molecule has 2 fully saturated rings. The summed E-state index contributed by atoms with van der Waals surface area (Å²) in [6, 6.07) is 0. The van der Waals surface area contributed by atoms with E-state index in [1.165, 1.54) is 0 Å². The van der Waals surface area contributed by atoms with Crippen LogP contribution in [0, 0.1) is 5.41 Å². The minimum absolute atomic E-state index is 0.0538. The fraction of sp³-hybridized carbons (Fsp3) is 0.739. The van der Waals surface area contributed by atoms with E-state index in [1.54, 1.807) is 0 Å². The van der Waals surface area contributed by atoms with Gasteiger partial charge in [0.2, 0.25) is 0 Å². The Morgan fingerprint density at radius 2 is 1.14 bits per heavy atom. The molecule has 12 nitrogen and oxygen atoms in total. The molecule has 0 amide bonds. The maximum atomic E-state index is 11.2. The van der Waals surface area contributed by atoms with Crippen molar-refractivity contribution >= 4 is 11.9 Å². The van der Waals surface area contributed by atoms with Gasteiger partial charge >= 0.3 is 11.9 Å². The molecule has 0 radical (unpaired) electrons. The molecule has 2 saturated heterocycles. The lowest BCUT2D eigenvalue weighted by atomic mass is 9.92. The molecule has 4 unspecified atom stereocenters. The molecule has 0 aliphatic carbocycles. The lowest BCUT2D eigenvalue weighted by Crippen LogP contribution is -2.43. The minimum atomic E-state index is -1.04. The van der Waals surface area contributed by atoms with Crippen molar-refractivity contribution in [3.8, 4) is 0 Å². The molecule has 4 atom stereocenters. The molecule has 2 N–H and O–H groups in total. The quantitative estimate of drug-likeness (QED) is 0.106. The van der Waals surface area contributed by atoms with Gasteiger partial charge in [-0.1, -0.05) is 13.2 Å². The minimum Gasteiger partial charge on any atom is -0.460 e. The Bertz CT molecular complexity index is 605. The van der Waals surface area contributed by atoms with Gasteiger partial charge in [-0.2, -0.15) is 0 Å². The molecule has 12 heteroatoms. The summed E-state index contributed by atoms with van der Waals surface area (Å²) in [5.41, 5.74) is -0.793. The third-order valence-corrected chi connectivity index (χ3v) is 4.83. The van der Waals surface area contributed by atoms with Crippen molar-refractivity contribution < 1.29 is 57.7 Å². The Morgan fingerprint density at radius 1 is 0.771 bits per heavy atom. The number of esters is 2. The summed E-state index contributed by atoms with van der Waals surface area (Å²) in [6.45, 7) is 8.52. The van der Waals surface area contributed by atoms with Crippen LogP contribution in [0.15, 0.2) is 25.3 Å². The molecule has 2 aliphatic rings. The van der Waals surface area contributed by atoms with Crippen molar-refractivity contribution in [1.82, 2.24) is 0 Å². The van der Waals surface area contributed by atoms with Crippen LogP contribution < -0.4 is 0 Å². The Hall–Kier alpha value is -1.90. The average molecular weight is 505 g/mol. The molecular weight excluding hydrogens is 468 g/mol. The van der Waals surface area contributed by atoms with Gasteiger partial charge in [0.05, 0.1) is 71.5 Å². The van der Waals surface area contributed by atoms with Crippen molar-refractivity contribution in [2.24, 2.45) is 5.41 Å². The molecule has 0 aromatic rings. The number of rotatable bonds is 22. The monoisotopic (exact) mass is 504 g/mol. The topological polar surface area (TPSA) is 155 Å². The largest absolute Gasteiger partial charge is 0.460 e. The zero-order valence-electron chi connectivity index (χ0n) is 19.8. The van der Waals surface area contributed by atoms with Gasteiger partial charge < -0.3 is 48.1 Å². The maximum absolute atomic E-state index is 11.2. The van der Waals surface area contributed by atoms with Gasteiger partial charge in [0.1, 0.15) is 37.6 Å². The zero-order chi connectivity index (χ0) is 25.5. The van der Waals surface area contributed by atoms with Gasteiger partial charge in [-0.05, 0) is 0 Å². The van der Waals surface area contributed by atoms with Crippen LogP contribution in [0.2, 0.25) is 0 Å². The van der Waals surface area contributed by atoms with E-state index in [4.69, 9.17) is 37.9 Å². The second kappa shape index (κ2) is 16.0. The van der Waals surface area contributed by atoms with Crippen LogP contribution in [0.1, 0.15) is 0 Å². The van der Waals surface area contributed by atoms with E-state index in [9.17, 15) is 19.8 Å². The first-order chi connectivity index (χ1) is 16.9. The average Bonchev–Trinajstić information content (AvgIpc) is 3.77. The molecule has 0 aromatic carbocycles. The van der Waals surface area contributed by atoms with Gasteiger partial charge in [-0.3, -0.25) is 0 Å². The van der Waals surface area contributed by atoms with Gasteiger partial charge in [0.15, 0.2) is 0 Å². The second-order valence-electron chi connectivity index (χ2n) is 8.45. The van der Waals surface area contributed by atoms with Crippen molar-refractivity contribution in [2.45, 2.75) is 24.4 Å². The van der Waals surface area contributed by atoms with Crippen LogP contribution in [-0.2, 0) is 47.5 Å². The lowest BCUT2D eigenvalue weighted by molar-refractivity contribution is -0.146. The normalized spacial score (nSPS) is 21.9. The van der Waals surface area contributed by atoms with E-state index < -0.39 is 29.6 Å². The van der Waals surface area contributed by atoms with Gasteiger partial charge in [0, 0.05) is 12.2 Å². The lowest BCUT2D eigenvalue weighted by Gasteiger charge is -2.33. The predicted octanol–water partition coefficient (Wildman–Crippen LogP) is -0.983. The highest BCUT2D eigenvalue weighted by molar-refractivity contribution is 5.81. The number of hydrogen-bond acceptors (Lipinski definition) is 12. The Morgan fingerprint density at radius 3 is 1.49 bits per heavy atom. The molecule has 2 aliphatic heterocycles. The van der Waals surface area contributed by atoms with Crippen molar-refractivity contribution in [3.63, 3.8) is 0 Å². The van der Waals surface area contributed by atoms with E-state index >= 15 is 0 Å². The Kier molecular flexibility index (Phi) is 13.4. The maximum Gasteiger partial charge on any atom is 0.330 e. The van der Waals surface area contributed by atoms with Gasteiger partial charge in [-0.25, -0.2) is 9.59 Å². The highest BCUT2D eigenvalue weighted by Crippen LogP contribution is 2.23. The molecule has 200 valence electrons. The smallest absolute Gasteiger partial charge is 0.330 e.